The van der Waals surface area contributed by atoms with Gasteiger partial charge in [0.15, 0.2) is 5.88 Å². The summed E-state index contributed by atoms with van der Waals surface area (Å²) < 4.78 is 1.72. The number of urea groups is 1. The van der Waals surface area contributed by atoms with Crippen molar-refractivity contribution < 1.29 is 29.1 Å². The Morgan fingerprint density at radius 3 is 2.25 bits per heavy atom. The smallest absolute Gasteiger partial charge is 0.315 e. The number of Topliss-reactive ketones (excluding diaryl/α,β-unsaturated/α-hetero) is 1. The highest BCUT2D eigenvalue weighted by Crippen LogP contribution is 2.65. The summed E-state index contributed by atoms with van der Waals surface area (Å²) >= 11 is 0. The summed E-state index contributed by atoms with van der Waals surface area (Å²) in [6.07, 6.45) is 5.56. The number of nitrogens with zero attached hydrogens (tertiary/aromatic N) is 2. The molecule has 3 fully saturated rings. The summed E-state index contributed by atoms with van der Waals surface area (Å²) in [5.41, 5.74) is -1.32. The number of ketones is 1. The first-order chi connectivity index (χ1) is 23.7. The van der Waals surface area contributed by atoms with Gasteiger partial charge < -0.3 is 35.8 Å². The van der Waals surface area contributed by atoms with E-state index in [0.29, 0.717) is 19.5 Å². The molecule has 12 heteroatoms. The molecule has 2 saturated carbocycles. The van der Waals surface area contributed by atoms with E-state index in [1.807, 2.05) is 72.0 Å². The van der Waals surface area contributed by atoms with Crippen LogP contribution in [0.4, 0.5) is 4.79 Å². The van der Waals surface area contributed by atoms with E-state index in [1.54, 1.807) is 9.47 Å². The second-order valence-electron chi connectivity index (χ2n) is 17.5. The molecule has 1 aliphatic heterocycles. The van der Waals surface area contributed by atoms with Gasteiger partial charge in [0.1, 0.15) is 12.1 Å². The number of likely N-dealkylation sites (tertiary alicyclic amines) is 1. The summed E-state index contributed by atoms with van der Waals surface area (Å²) in [7, 11) is 0. The van der Waals surface area contributed by atoms with E-state index in [2.05, 4.69) is 41.7 Å². The lowest BCUT2D eigenvalue weighted by atomic mass is 9.85. The zero-order chi connectivity index (χ0) is 37.6. The van der Waals surface area contributed by atoms with Crippen LogP contribution in [0.3, 0.4) is 0 Å². The minimum absolute atomic E-state index is 0.0788. The van der Waals surface area contributed by atoms with Crippen molar-refractivity contribution in [2.75, 3.05) is 13.1 Å². The van der Waals surface area contributed by atoms with E-state index in [9.17, 15) is 29.1 Å². The van der Waals surface area contributed by atoms with E-state index < -0.39 is 58.6 Å². The molecule has 5 N–H and O–H groups in total. The maximum Gasteiger partial charge on any atom is 0.315 e. The predicted molar refractivity (Wildman–Crippen MR) is 196 cm³/mol. The van der Waals surface area contributed by atoms with Crippen LogP contribution in [0.1, 0.15) is 74.7 Å². The molecule has 0 spiro atoms. The quantitative estimate of drug-likeness (QED) is 0.156. The molecular weight excluding hydrogens is 648 g/mol. The van der Waals surface area contributed by atoms with Crippen LogP contribution >= 0.6 is 0 Å². The minimum Gasteiger partial charge on any atom is -0.494 e. The van der Waals surface area contributed by atoms with E-state index >= 15 is 0 Å². The van der Waals surface area contributed by atoms with E-state index in [4.69, 9.17) is 0 Å². The molecule has 0 bridgehead atoms. The van der Waals surface area contributed by atoms with Crippen molar-refractivity contribution in [2.45, 2.75) is 105 Å². The number of aromatic hydroxyl groups is 1. The molecule has 6 atom stereocenters. The number of hydrogen-bond acceptors (Lipinski definition) is 6. The maximum absolute atomic E-state index is 14.5. The molecule has 2 aliphatic carbocycles. The molecule has 1 saturated heterocycles. The molecule has 0 radical (unpaired) electrons. The van der Waals surface area contributed by atoms with Crippen molar-refractivity contribution in [1.82, 2.24) is 30.7 Å². The standard InChI is InChI=1S/C39H56N6O6/c1-10-17-40-33(48)30(46)26(18-22-15-16-22)41-32(47)29-28-25(39(28,8)9)20-45(29)35(50)31(38(5,6)7)43-36(51)42-27(37(2,3)4)21-44-19-23-13-11-12-14-24(23)34(44)49/h10-14,19,22,25-29,31,49H,1,15-18,20-21H2,2-9H3,(H,40,48)(H,41,47)(H2,42,43,51)/t25-,26?,27+,28-,29-,31+/m0/s1. The molecule has 5 amide bonds. The molecule has 3 aliphatic rings. The summed E-state index contributed by atoms with van der Waals surface area (Å²) in [5, 5.41) is 23.9. The third-order valence-corrected chi connectivity index (χ3v) is 11.2. The number of rotatable bonds is 13. The van der Waals surface area contributed by atoms with Crippen molar-refractivity contribution in [2.24, 2.45) is 34.0 Å². The molecule has 51 heavy (non-hydrogen) atoms. The molecule has 5 rings (SSSR count). The highest BCUT2D eigenvalue weighted by molar-refractivity contribution is 6.38. The van der Waals surface area contributed by atoms with Crippen LogP contribution in [0.5, 0.6) is 5.88 Å². The predicted octanol–water partition coefficient (Wildman–Crippen LogP) is 4.11. The van der Waals surface area contributed by atoms with E-state index in [1.165, 1.54) is 6.08 Å². The van der Waals surface area contributed by atoms with Gasteiger partial charge in [-0.3, -0.25) is 19.2 Å². The van der Waals surface area contributed by atoms with Crippen LogP contribution in [-0.2, 0) is 25.7 Å². The Labute approximate surface area is 301 Å². The number of fused-ring (bicyclic) bond motifs is 2. The van der Waals surface area contributed by atoms with Gasteiger partial charge >= 0.3 is 6.03 Å². The maximum atomic E-state index is 14.5. The van der Waals surface area contributed by atoms with Crippen LogP contribution in [0.15, 0.2) is 43.1 Å². The lowest BCUT2D eigenvalue weighted by Gasteiger charge is -2.38. The van der Waals surface area contributed by atoms with Gasteiger partial charge in [-0.2, -0.15) is 0 Å². The second kappa shape index (κ2) is 14.0. The van der Waals surface area contributed by atoms with Crippen molar-refractivity contribution in [3.63, 3.8) is 0 Å². The Morgan fingerprint density at radius 1 is 1.00 bits per heavy atom. The minimum atomic E-state index is -0.998. The molecule has 278 valence electrons. The van der Waals surface area contributed by atoms with Gasteiger partial charge in [-0.25, -0.2) is 4.79 Å². The highest BCUT2D eigenvalue weighted by Gasteiger charge is 2.70. The number of carbonyl (C=O) groups is 5. The fraction of sp³-hybridized carbons (Fsp3) is 0.615. The summed E-state index contributed by atoms with van der Waals surface area (Å²) in [6, 6.07) is 3.72. The van der Waals surface area contributed by atoms with Gasteiger partial charge in [-0.15, -0.1) is 6.58 Å². The Hall–Kier alpha value is -4.35. The van der Waals surface area contributed by atoms with Crippen molar-refractivity contribution >= 4 is 40.3 Å². The average Bonchev–Trinajstić information content (AvgIpc) is 3.85. The molecule has 1 unspecified atom stereocenters. The first-order valence-electron chi connectivity index (χ1n) is 18.1. The van der Waals surface area contributed by atoms with Crippen LogP contribution in [0.2, 0.25) is 0 Å². The van der Waals surface area contributed by atoms with Crippen LogP contribution < -0.4 is 21.3 Å². The van der Waals surface area contributed by atoms with Gasteiger partial charge in [0.25, 0.3) is 5.91 Å². The molecule has 2 heterocycles. The Balaban J connectivity index is 1.33. The number of hydrogen-bond donors (Lipinski definition) is 5. The molecule has 2 aromatic rings. The topological polar surface area (TPSA) is 162 Å². The normalized spacial score (nSPS) is 22.7. The van der Waals surface area contributed by atoms with E-state index in [-0.39, 0.29) is 41.5 Å². The van der Waals surface area contributed by atoms with Gasteiger partial charge in [-0.05, 0) is 46.5 Å². The Bertz CT molecular complexity index is 1700. The first kappa shape index (κ1) is 37.9. The number of piperidine rings is 1. The fourth-order valence-corrected chi connectivity index (χ4v) is 7.61. The lowest BCUT2D eigenvalue weighted by molar-refractivity contribution is -0.145. The highest BCUT2D eigenvalue weighted by atomic mass is 16.3. The third-order valence-electron chi connectivity index (χ3n) is 11.2. The van der Waals surface area contributed by atoms with Gasteiger partial charge in [-0.1, -0.05) is 92.5 Å². The van der Waals surface area contributed by atoms with Gasteiger partial charge in [0.2, 0.25) is 17.6 Å². The van der Waals surface area contributed by atoms with E-state index in [0.717, 1.165) is 23.6 Å². The summed E-state index contributed by atoms with van der Waals surface area (Å²) in [6.45, 7) is 20.1. The molecular formula is C39H56N6O6. The lowest BCUT2D eigenvalue weighted by Crippen LogP contribution is -2.62. The SMILES string of the molecule is C=CCNC(=O)C(=O)C(CC1CC1)NC(=O)[C@@H]1[C@@H]2[C@H](CN1C(=O)[C@@H](NC(=O)N[C@H](Cn1cc3ccccc3c1O)C(C)(C)C)C(C)(C)C)C2(C)C. The number of amides is 5. The Morgan fingerprint density at radius 2 is 1.67 bits per heavy atom. The van der Waals surface area contributed by atoms with Crippen LogP contribution in [0.25, 0.3) is 10.8 Å². The van der Waals surface area contributed by atoms with Crippen LogP contribution in [-0.4, -0.2) is 81.4 Å². The molecule has 1 aromatic carbocycles. The number of benzene rings is 1. The molecule has 12 nitrogen and oxygen atoms in total. The Kier molecular flexibility index (Phi) is 10.4. The zero-order valence-corrected chi connectivity index (χ0v) is 31.3. The zero-order valence-electron chi connectivity index (χ0n) is 31.3. The van der Waals surface area contributed by atoms with Crippen molar-refractivity contribution in [3.8, 4) is 5.88 Å². The summed E-state index contributed by atoms with van der Waals surface area (Å²) in [4.78, 5) is 69.7. The number of aromatic nitrogens is 1. The number of carbonyl (C=O) groups excluding carboxylic acids is 5. The first-order valence-corrected chi connectivity index (χ1v) is 18.1. The third kappa shape index (κ3) is 8.10. The largest absolute Gasteiger partial charge is 0.494 e. The van der Waals surface area contributed by atoms with Gasteiger partial charge in [0, 0.05) is 36.6 Å². The monoisotopic (exact) mass is 704 g/mol. The van der Waals surface area contributed by atoms with Crippen molar-refractivity contribution in [3.05, 3.63) is 43.1 Å². The van der Waals surface area contributed by atoms with Crippen LogP contribution in [0, 0.1) is 34.0 Å². The molecule has 1 aromatic heterocycles. The fourth-order valence-electron chi connectivity index (χ4n) is 7.61. The number of nitrogens with one attached hydrogen (secondary N) is 4. The van der Waals surface area contributed by atoms with Gasteiger partial charge in [0.05, 0.1) is 12.1 Å². The second-order valence-corrected chi connectivity index (χ2v) is 17.5. The van der Waals surface area contributed by atoms with Crippen molar-refractivity contribution in [1.29, 1.82) is 0 Å². The summed E-state index contributed by atoms with van der Waals surface area (Å²) in [5.74, 6) is -2.00. The average molecular weight is 705 g/mol.